The molecular formula is C8H12O2. The molecule has 0 bridgehead atoms. The molecule has 0 aliphatic carbocycles. The van der Waals surface area contributed by atoms with Gasteiger partial charge in [0, 0.05) is 0 Å². The largest absolute Gasteiger partial charge is 0.480 e. The summed E-state index contributed by atoms with van der Waals surface area (Å²) in [7, 11) is 0. The van der Waals surface area contributed by atoms with Gasteiger partial charge in [-0.1, -0.05) is 25.7 Å². The van der Waals surface area contributed by atoms with E-state index in [-0.39, 0.29) is 0 Å². The molecule has 0 saturated heterocycles. The molecule has 10 heavy (non-hydrogen) atoms. The van der Waals surface area contributed by atoms with Crippen LogP contribution in [-0.4, -0.2) is 11.1 Å². The second-order valence-electron chi connectivity index (χ2n) is 2.20. The summed E-state index contributed by atoms with van der Waals surface area (Å²) in [6.45, 7) is 2.01. The number of unbranched alkanes of at least 4 members (excludes halogenated alkanes) is 1. The average Bonchev–Trinajstić information content (AvgIpc) is 1.89. The van der Waals surface area contributed by atoms with Gasteiger partial charge in [0.15, 0.2) is 0 Å². The van der Waals surface area contributed by atoms with Crippen molar-refractivity contribution in [3.8, 4) is 12.3 Å². The fourth-order valence-corrected chi connectivity index (χ4v) is 0.686. The van der Waals surface area contributed by atoms with Gasteiger partial charge in [-0.25, -0.2) is 0 Å². The van der Waals surface area contributed by atoms with Crippen molar-refractivity contribution in [3.63, 3.8) is 0 Å². The highest BCUT2D eigenvalue weighted by Crippen LogP contribution is 2.06. The highest BCUT2D eigenvalue weighted by atomic mass is 16.4. The molecule has 56 valence electrons. The maximum absolute atomic E-state index is 10.3. The highest BCUT2D eigenvalue weighted by molar-refractivity contribution is 5.73. The summed E-state index contributed by atoms with van der Waals surface area (Å²) in [6.07, 6.45) is 7.46. The number of rotatable bonds is 4. The number of hydrogen-bond donors (Lipinski definition) is 1. The summed E-state index contributed by atoms with van der Waals surface area (Å²) in [5, 5.41) is 8.46. The van der Waals surface area contributed by atoms with E-state index in [1.807, 2.05) is 6.92 Å². The normalized spacial score (nSPS) is 12.0. The quantitative estimate of drug-likeness (QED) is 0.601. The van der Waals surface area contributed by atoms with E-state index in [0.29, 0.717) is 6.42 Å². The molecule has 1 unspecified atom stereocenters. The van der Waals surface area contributed by atoms with Crippen molar-refractivity contribution in [2.75, 3.05) is 0 Å². The molecule has 1 N–H and O–H groups in total. The zero-order chi connectivity index (χ0) is 7.98. The molecule has 0 aromatic rings. The van der Waals surface area contributed by atoms with E-state index in [2.05, 4.69) is 5.92 Å². The molecule has 0 spiro atoms. The number of carboxylic acids is 1. The first-order valence-electron chi connectivity index (χ1n) is 3.41. The highest BCUT2D eigenvalue weighted by Gasteiger charge is 2.11. The zero-order valence-corrected chi connectivity index (χ0v) is 6.13. The van der Waals surface area contributed by atoms with Gasteiger partial charge in [-0.15, -0.1) is 6.42 Å². The molecule has 0 fully saturated rings. The third kappa shape index (κ3) is 3.13. The molecule has 0 aromatic carbocycles. The van der Waals surface area contributed by atoms with Crippen LogP contribution in [0.25, 0.3) is 0 Å². The Morgan fingerprint density at radius 1 is 1.80 bits per heavy atom. The predicted molar refractivity (Wildman–Crippen MR) is 39.5 cm³/mol. The van der Waals surface area contributed by atoms with Gasteiger partial charge >= 0.3 is 5.97 Å². The average molecular weight is 140 g/mol. The van der Waals surface area contributed by atoms with Gasteiger partial charge in [-0.2, -0.15) is 0 Å². The molecule has 0 saturated carbocycles. The van der Waals surface area contributed by atoms with Gasteiger partial charge in [-0.05, 0) is 6.42 Å². The third-order valence-electron chi connectivity index (χ3n) is 1.35. The standard InChI is InChI=1S/C8H12O2/c1-3-5-6-7(4-2)8(9)10/h2,7H,3,5-6H2,1H3,(H,9,10). The van der Waals surface area contributed by atoms with Gasteiger partial charge in [0.1, 0.15) is 5.92 Å². The van der Waals surface area contributed by atoms with Crippen molar-refractivity contribution in [2.24, 2.45) is 5.92 Å². The summed E-state index contributed by atoms with van der Waals surface area (Å²) < 4.78 is 0. The van der Waals surface area contributed by atoms with E-state index < -0.39 is 11.9 Å². The second kappa shape index (κ2) is 4.87. The zero-order valence-electron chi connectivity index (χ0n) is 6.13. The molecule has 0 aliphatic rings. The van der Waals surface area contributed by atoms with Crippen LogP contribution in [0.1, 0.15) is 26.2 Å². The van der Waals surface area contributed by atoms with Crippen molar-refractivity contribution in [2.45, 2.75) is 26.2 Å². The molecular weight excluding hydrogens is 128 g/mol. The van der Waals surface area contributed by atoms with Crippen molar-refractivity contribution in [1.29, 1.82) is 0 Å². The monoisotopic (exact) mass is 140 g/mol. The van der Waals surface area contributed by atoms with E-state index in [4.69, 9.17) is 11.5 Å². The number of terminal acetylenes is 1. The molecule has 2 nitrogen and oxygen atoms in total. The fourth-order valence-electron chi connectivity index (χ4n) is 0.686. The van der Waals surface area contributed by atoms with Gasteiger partial charge in [-0.3, -0.25) is 4.79 Å². The van der Waals surface area contributed by atoms with E-state index in [9.17, 15) is 4.79 Å². The molecule has 0 rings (SSSR count). The fraction of sp³-hybridized carbons (Fsp3) is 0.625. The molecule has 0 radical (unpaired) electrons. The van der Waals surface area contributed by atoms with Gasteiger partial charge in [0.25, 0.3) is 0 Å². The summed E-state index contributed by atoms with van der Waals surface area (Å²) in [6, 6.07) is 0. The smallest absolute Gasteiger partial charge is 0.318 e. The van der Waals surface area contributed by atoms with Crippen LogP contribution in [0.2, 0.25) is 0 Å². The topological polar surface area (TPSA) is 37.3 Å². The first-order valence-corrected chi connectivity index (χ1v) is 3.41. The Labute approximate surface area is 61.2 Å². The Balaban J connectivity index is 3.64. The van der Waals surface area contributed by atoms with Crippen LogP contribution < -0.4 is 0 Å². The van der Waals surface area contributed by atoms with Crippen LogP contribution in [-0.2, 0) is 4.79 Å². The molecule has 1 atom stereocenters. The number of carboxylic acid groups (broad SMARTS) is 1. The van der Waals surface area contributed by atoms with Crippen LogP contribution in [0.3, 0.4) is 0 Å². The Morgan fingerprint density at radius 3 is 2.70 bits per heavy atom. The second-order valence-corrected chi connectivity index (χ2v) is 2.20. The van der Waals surface area contributed by atoms with Crippen molar-refractivity contribution in [3.05, 3.63) is 0 Å². The lowest BCUT2D eigenvalue weighted by molar-refractivity contribution is -0.139. The maximum atomic E-state index is 10.3. The van der Waals surface area contributed by atoms with Gasteiger partial charge in [0.2, 0.25) is 0 Å². The Morgan fingerprint density at radius 2 is 2.40 bits per heavy atom. The molecule has 2 heteroatoms. The number of aliphatic carboxylic acids is 1. The molecule has 0 heterocycles. The van der Waals surface area contributed by atoms with Crippen LogP contribution in [0.5, 0.6) is 0 Å². The Hall–Kier alpha value is -0.970. The van der Waals surface area contributed by atoms with E-state index >= 15 is 0 Å². The lowest BCUT2D eigenvalue weighted by atomic mass is 10.0. The predicted octanol–water partition coefficient (Wildman–Crippen LogP) is 1.51. The molecule has 0 aromatic heterocycles. The minimum absolute atomic E-state index is 0.583. The summed E-state index contributed by atoms with van der Waals surface area (Å²) in [5.41, 5.74) is 0. The minimum Gasteiger partial charge on any atom is -0.480 e. The number of carbonyl (C=O) groups is 1. The van der Waals surface area contributed by atoms with Crippen LogP contribution in [0.4, 0.5) is 0 Å². The van der Waals surface area contributed by atoms with E-state index in [0.717, 1.165) is 12.8 Å². The Kier molecular flexibility index (Phi) is 4.39. The lowest BCUT2D eigenvalue weighted by Gasteiger charge is -2.01. The summed E-state index contributed by atoms with van der Waals surface area (Å²) in [5.74, 6) is 0.775. The van der Waals surface area contributed by atoms with Crippen LogP contribution >= 0.6 is 0 Å². The van der Waals surface area contributed by atoms with Gasteiger partial charge < -0.3 is 5.11 Å². The first-order chi connectivity index (χ1) is 4.72. The SMILES string of the molecule is C#CC(CCCC)C(=O)O. The lowest BCUT2D eigenvalue weighted by Crippen LogP contribution is -2.10. The van der Waals surface area contributed by atoms with Crippen molar-refractivity contribution < 1.29 is 9.90 Å². The summed E-state index contributed by atoms with van der Waals surface area (Å²) >= 11 is 0. The van der Waals surface area contributed by atoms with Crippen molar-refractivity contribution >= 4 is 5.97 Å². The van der Waals surface area contributed by atoms with Crippen molar-refractivity contribution in [1.82, 2.24) is 0 Å². The van der Waals surface area contributed by atoms with E-state index in [1.165, 1.54) is 0 Å². The molecule has 0 aliphatic heterocycles. The van der Waals surface area contributed by atoms with E-state index in [1.54, 1.807) is 0 Å². The van der Waals surface area contributed by atoms with Crippen LogP contribution in [0.15, 0.2) is 0 Å². The maximum Gasteiger partial charge on any atom is 0.318 e. The molecule has 0 amide bonds. The summed E-state index contributed by atoms with van der Waals surface area (Å²) in [4.78, 5) is 10.3. The number of hydrogen-bond acceptors (Lipinski definition) is 1. The third-order valence-corrected chi connectivity index (χ3v) is 1.35. The van der Waals surface area contributed by atoms with Crippen LogP contribution in [0, 0.1) is 18.3 Å². The minimum atomic E-state index is -0.879. The van der Waals surface area contributed by atoms with Gasteiger partial charge in [0.05, 0.1) is 0 Å². The first kappa shape index (κ1) is 9.03. The Bertz CT molecular complexity index is 144.